The number of nitrogens with zero attached hydrogens (tertiary/aromatic N) is 1. The highest BCUT2D eigenvalue weighted by Gasteiger charge is 2.13. The summed E-state index contributed by atoms with van der Waals surface area (Å²) in [5.74, 6) is 0.800. The molecule has 0 saturated carbocycles. The van der Waals surface area contributed by atoms with Gasteiger partial charge in [0.15, 0.2) is 0 Å². The lowest BCUT2D eigenvalue weighted by Gasteiger charge is -2.15. The van der Waals surface area contributed by atoms with Gasteiger partial charge in [-0.1, -0.05) is 42.5 Å². The smallest absolute Gasteiger partial charge is 0.119 e. The molecule has 0 saturated heterocycles. The van der Waals surface area contributed by atoms with E-state index in [2.05, 4.69) is 54.8 Å². The van der Waals surface area contributed by atoms with Gasteiger partial charge < -0.3 is 14.4 Å². The number of benzene rings is 3. The maximum absolute atomic E-state index is 10.6. The molecule has 0 radical (unpaired) electrons. The molecule has 0 aliphatic heterocycles. The Labute approximate surface area is 153 Å². The molecule has 1 aromatic heterocycles. The van der Waals surface area contributed by atoms with E-state index in [-0.39, 0.29) is 6.61 Å². The molecule has 3 nitrogen and oxygen atoms in total. The van der Waals surface area contributed by atoms with Crippen LogP contribution < -0.4 is 4.74 Å². The first-order chi connectivity index (χ1) is 12.6. The molecule has 1 N–H and O–H groups in total. The summed E-state index contributed by atoms with van der Waals surface area (Å²) < 4.78 is 7.99. The SMILES string of the molecule is Cc1ccc(OC[C@H](O)Cn2c3ccccc3c3ccccc32)cc1C. The largest absolute Gasteiger partial charge is 0.491 e. The van der Waals surface area contributed by atoms with Crippen molar-refractivity contribution < 1.29 is 9.84 Å². The highest BCUT2D eigenvalue weighted by atomic mass is 16.5. The number of rotatable bonds is 5. The summed E-state index contributed by atoms with van der Waals surface area (Å²) in [4.78, 5) is 0. The fourth-order valence-corrected chi connectivity index (χ4v) is 3.46. The third-order valence-electron chi connectivity index (χ3n) is 4.99. The zero-order chi connectivity index (χ0) is 18.1. The Hall–Kier alpha value is -2.78. The first-order valence-electron chi connectivity index (χ1n) is 8.97. The van der Waals surface area contributed by atoms with Gasteiger partial charge >= 0.3 is 0 Å². The molecular formula is C23H23NO2. The predicted molar refractivity (Wildman–Crippen MR) is 107 cm³/mol. The Bertz CT molecular complexity index is 1010. The molecule has 0 fully saturated rings. The zero-order valence-electron chi connectivity index (χ0n) is 15.1. The van der Waals surface area contributed by atoms with Crippen molar-refractivity contribution >= 4 is 21.8 Å². The number of aromatic nitrogens is 1. The van der Waals surface area contributed by atoms with Crippen LogP contribution in [0.25, 0.3) is 21.8 Å². The van der Waals surface area contributed by atoms with Crippen molar-refractivity contribution in [1.29, 1.82) is 0 Å². The second-order valence-electron chi connectivity index (χ2n) is 6.86. The van der Waals surface area contributed by atoms with E-state index in [1.165, 1.54) is 21.9 Å². The Kier molecular flexibility index (Phi) is 4.39. The molecule has 0 aliphatic rings. The normalized spacial score (nSPS) is 12.6. The number of aryl methyl sites for hydroxylation is 2. The van der Waals surface area contributed by atoms with Gasteiger partial charge in [-0.2, -0.15) is 0 Å². The van der Waals surface area contributed by atoms with E-state index >= 15 is 0 Å². The Balaban J connectivity index is 1.57. The summed E-state index contributed by atoms with van der Waals surface area (Å²) in [5, 5.41) is 13.0. The van der Waals surface area contributed by atoms with Gasteiger partial charge in [-0.05, 0) is 49.2 Å². The van der Waals surface area contributed by atoms with Crippen LogP contribution >= 0.6 is 0 Å². The molecule has 0 spiro atoms. The fourth-order valence-electron chi connectivity index (χ4n) is 3.46. The summed E-state index contributed by atoms with van der Waals surface area (Å²) in [7, 11) is 0. The van der Waals surface area contributed by atoms with Crippen LogP contribution in [0.2, 0.25) is 0 Å². The third-order valence-corrected chi connectivity index (χ3v) is 4.99. The number of aliphatic hydroxyl groups is 1. The molecule has 4 rings (SSSR count). The number of aliphatic hydroxyl groups excluding tert-OH is 1. The number of ether oxygens (including phenoxy) is 1. The molecule has 1 heterocycles. The molecule has 0 amide bonds. The molecule has 3 aromatic carbocycles. The summed E-state index contributed by atoms with van der Waals surface area (Å²) in [5.41, 5.74) is 4.71. The molecular weight excluding hydrogens is 322 g/mol. The van der Waals surface area contributed by atoms with E-state index in [9.17, 15) is 5.11 Å². The predicted octanol–water partition coefficient (Wildman–Crippen LogP) is 4.85. The minimum Gasteiger partial charge on any atom is -0.491 e. The molecule has 0 bridgehead atoms. The minimum atomic E-state index is -0.587. The molecule has 0 aliphatic carbocycles. The lowest BCUT2D eigenvalue weighted by Crippen LogP contribution is -2.23. The van der Waals surface area contributed by atoms with Gasteiger partial charge in [0.2, 0.25) is 0 Å². The third kappa shape index (κ3) is 3.06. The lowest BCUT2D eigenvalue weighted by atomic mass is 10.1. The fraction of sp³-hybridized carbons (Fsp3) is 0.217. The summed E-state index contributed by atoms with van der Waals surface area (Å²) in [6, 6.07) is 22.7. The number of hydrogen-bond acceptors (Lipinski definition) is 2. The molecule has 4 aromatic rings. The second-order valence-corrected chi connectivity index (χ2v) is 6.86. The van der Waals surface area contributed by atoms with E-state index in [0.29, 0.717) is 6.54 Å². The molecule has 1 atom stereocenters. The van der Waals surface area contributed by atoms with Gasteiger partial charge in [0, 0.05) is 21.8 Å². The molecule has 132 valence electrons. The molecule has 0 unspecified atom stereocenters. The monoisotopic (exact) mass is 345 g/mol. The molecule has 3 heteroatoms. The van der Waals surface area contributed by atoms with Crippen LogP contribution in [0.15, 0.2) is 66.7 Å². The van der Waals surface area contributed by atoms with Gasteiger partial charge in [0.05, 0.1) is 6.54 Å². The van der Waals surface area contributed by atoms with Crippen molar-refractivity contribution in [1.82, 2.24) is 4.57 Å². The van der Waals surface area contributed by atoms with Crippen LogP contribution in [0, 0.1) is 13.8 Å². The van der Waals surface area contributed by atoms with Crippen molar-refractivity contribution in [2.45, 2.75) is 26.5 Å². The summed E-state index contributed by atoms with van der Waals surface area (Å²) in [6.45, 7) is 4.91. The number of fused-ring (bicyclic) bond motifs is 3. The van der Waals surface area contributed by atoms with Crippen molar-refractivity contribution in [2.75, 3.05) is 6.61 Å². The highest BCUT2D eigenvalue weighted by molar-refractivity contribution is 6.07. The van der Waals surface area contributed by atoms with E-state index in [1.807, 2.05) is 30.3 Å². The minimum absolute atomic E-state index is 0.267. The van der Waals surface area contributed by atoms with Crippen LogP contribution in [-0.2, 0) is 6.54 Å². The Morgan fingerprint density at radius 3 is 2.08 bits per heavy atom. The standard InChI is InChI=1S/C23H23NO2/c1-16-11-12-19(13-17(16)2)26-15-18(25)14-24-22-9-5-3-7-20(22)21-8-4-6-10-23(21)24/h3-13,18,25H,14-15H2,1-2H3/t18-/m1/s1. The van der Waals surface area contributed by atoms with Crippen molar-refractivity contribution in [3.8, 4) is 5.75 Å². The lowest BCUT2D eigenvalue weighted by molar-refractivity contribution is 0.0944. The number of para-hydroxylation sites is 2. The topological polar surface area (TPSA) is 34.4 Å². The van der Waals surface area contributed by atoms with E-state index < -0.39 is 6.10 Å². The maximum atomic E-state index is 10.6. The van der Waals surface area contributed by atoms with Crippen LogP contribution in [0.5, 0.6) is 5.75 Å². The molecule has 26 heavy (non-hydrogen) atoms. The van der Waals surface area contributed by atoms with Crippen molar-refractivity contribution in [2.24, 2.45) is 0 Å². The van der Waals surface area contributed by atoms with Gasteiger partial charge in [0.25, 0.3) is 0 Å². The quantitative estimate of drug-likeness (QED) is 0.561. The van der Waals surface area contributed by atoms with E-state index in [0.717, 1.165) is 16.8 Å². The van der Waals surface area contributed by atoms with E-state index in [4.69, 9.17) is 4.74 Å². The van der Waals surface area contributed by atoms with Crippen LogP contribution in [0.4, 0.5) is 0 Å². The average Bonchev–Trinajstić information content (AvgIpc) is 2.97. The summed E-state index contributed by atoms with van der Waals surface area (Å²) in [6.07, 6.45) is -0.587. The first kappa shape index (κ1) is 16.7. The van der Waals surface area contributed by atoms with Gasteiger partial charge in [-0.3, -0.25) is 0 Å². The Morgan fingerprint density at radius 2 is 1.46 bits per heavy atom. The zero-order valence-corrected chi connectivity index (χ0v) is 15.1. The van der Waals surface area contributed by atoms with Gasteiger partial charge in [-0.25, -0.2) is 0 Å². The Morgan fingerprint density at radius 1 is 0.846 bits per heavy atom. The van der Waals surface area contributed by atoms with Gasteiger partial charge in [-0.15, -0.1) is 0 Å². The first-order valence-corrected chi connectivity index (χ1v) is 8.97. The average molecular weight is 345 g/mol. The van der Waals surface area contributed by atoms with E-state index in [1.54, 1.807) is 0 Å². The number of hydrogen-bond donors (Lipinski definition) is 1. The second kappa shape index (κ2) is 6.85. The van der Waals surface area contributed by atoms with Gasteiger partial charge in [0.1, 0.15) is 18.5 Å². The maximum Gasteiger partial charge on any atom is 0.119 e. The van der Waals surface area contributed by atoms with Crippen LogP contribution in [-0.4, -0.2) is 22.4 Å². The van der Waals surface area contributed by atoms with Crippen LogP contribution in [0.3, 0.4) is 0 Å². The summed E-state index contributed by atoms with van der Waals surface area (Å²) >= 11 is 0. The van der Waals surface area contributed by atoms with Crippen molar-refractivity contribution in [3.63, 3.8) is 0 Å². The van der Waals surface area contributed by atoms with Crippen LogP contribution in [0.1, 0.15) is 11.1 Å². The van der Waals surface area contributed by atoms with Crippen molar-refractivity contribution in [3.05, 3.63) is 77.9 Å². The highest BCUT2D eigenvalue weighted by Crippen LogP contribution is 2.29.